The summed E-state index contributed by atoms with van der Waals surface area (Å²) in [5, 5.41) is 3.51. The largest absolute Gasteiger partial charge is 0.380 e. The Kier molecular flexibility index (Phi) is 4.00. The van der Waals surface area contributed by atoms with E-state index in [1.807, 2.05) is 0 Å². The van der Waals surface area contributed by atoms with Crippen LogP contribution in [0.4, 0.5) is 0 Å². The molecular formula is C12H24N2O. The summed E-state index contributed by atoms with van der Waals surface area (Å²) in [6.07, 6.45) is 1.20. The van der Waals surface area contributed by atoms with Gasteiger partial charge in [0.25, 0.3) is 0 Å². The van der Waals surface area contributed by atoms with Crippen molar-refractivity contribution >= 4 is 0 Å². The van der Waals surface area contributed by atoms with Crippen LogP contribution in [0, 0.1) is 11.8 Å². The van der Waals surface area contributed by atoms with Gasteiger partial charge in [-0.1, -0.05) is 13.8 Å². The van der Waals surface area contributed by atoms with Crippen LogP contribution >= 0.6 is 0 Å². The molecule has 2 aliphatic heterocycles. The maximum absolute atomic E-state index is 5.53. The summed E-state index contributed by atoms with van der Waals surface area (Å²) in [6.45, 7) is 11.3. The second-order valence-electron chi connectivity index (χ2n) is 5.11. The highest BCUT2D eigenvalue weighted by Gasteiger charge is 2.32. The predicted octanol–water partition coefficient (Wildman–Crippen LogP) is 0.953. The van der Waals surface area contributed by atoms with Crippen molar-refractivity contribution in [2.45, 2.75) is 26.3 Å². The van der Waals surface area contributed by atoms with Crippen LogP contribution in [-0.4, -0.2) is 50.3 Å². The van der Waals surface area contributed by atoms with Gasteiger partial charge in [-0.2, -0.15) is 0 Å². The molecular weight excluding hydrogens is 188 g/mol. The van der Waals surface area contributed by atoms with Gasteiger partial charge in [0.05, 0.1) is 6.61 Å². The SMILES string of the molecule is CC1CNCC(C)C1N1CCCOCC1. The number of nitrogens with one attached hydrogen (secondary N) is 1. The molecule has 0 radical (unpaired) electrons. The first-order valence-electron chi connectivity index (χ1n) is 6.31. The molecule has 0 amide bonds. The van der Waals surface area contributed by atoms with Crippen LogP contribution in [0.1, 0.15) is 20.3 Å². The number of ether oxygens (including phenoxy) is 1. The maximum Gasteiger partial charge on any atom is 0.0593 e. The molecule has 2 heterocycles. The van der Waals surface area contributed by atoms with Crippen LogP contribution in [0.25, 0.3) is 0 Å². The predicted molar refractivity (Wildman–Crippen MR) is 62.0 cm³/mol. The number of nitrogens with zero attached hydrogens (tertiary/aromatic N) is 1. The van der Waals surface area contributed by atoms with Crippen molar-refractivity contribution in [1.29, 1.82) is 0 Å². The minimum atomic E-state index is 0.757. The number of hydrogen-bond acceptors (Lipinski definition) is 3. The second kappa shape index (κ2) is 5.28. The smallest absolute Gasteiger partial charge is 0.0593 e. The molecule has 15 heavy (non-hydrogen) atoms. The van der Waals surface area contributed by atoms with Gasteiger partial charge in [0.15, 0.2) is 0 Å². The third-order valence-electron chi connectivity index (χ3n) is 3.78. The Balaban J connectivity index is 1.98. The molecule has 0 bridgehead atoms. The summed E-state index contributed by atoms with van der Waals surface area (Å²) in [5.74, 6) is 1.54. The van der Waals surface area contributed by atoms with Gasteiger partial charge in [-0.15, -0.1) is 0 Å². The molecule has 2 saturated heterocycles. The molecule has 88 valence electrons. The quantitative estimate of drug-likeness (QED) is 0.700. The molecule has 3 heteroatoms. The van der Waals surface area contributed by atoms with Gasteiger partial charge < -0.3 is 10.1 Å². The number of piperidine rings is 1. The van der Waals surface area contributed by atoms with Gasteiger partial charge >= 0.3 is 0 Å². The molecule has 1 N–H and O–H groups in total. The van der Waals surface area contributed by atoms with Crippen LogP contribution in [-0.2, 0) is 4.74 Å². The van der Waals surface area contributed by atoms with Crippen LogP contribution in [0.3, 0.4) is 0 Å². The summed E-state index contributed by atoms with van der Waals surface area (Å²) >= 11 is 0. The highest BCUT2D eigenvalue weighted by molar-refractivity contribution is 4.88. The lowest BCUT2D eigenvalue weighted by atomic mass is 9.85. The third-order valence-corrected chi connectivity index (χ3v) is 3.78. The maximum atomic E-state index is 5.53. The first-order chi connectivity index (χ1) is 7.29. The van der Waals surface area contributed by atoms with E-state index in [9.17, 15) is 0 Å². The molecule has 0 aromatic carbocycles. The van der Waals surface area contributed by atoms with Gasteiger partial charge in [-0.3, -0.25) is 4.90 Å². The van der Waals surface area contributed by atoms with Gasteiger partial charge in [-0.25, -0.2) is 0 Å². The van der Waals surface area contributed by atoms with E-state index >= 15 is 0 Å². The Hall–Kier alpha value is -0.120. The summed E-state index contributed by atoms with van der Waals surface area (Å²) < 4.78 is 5.53. The van der Waals surface area contributed by atoms with E-state index in [0.29, 0.717) is 0 Å². The molecule has 2 fully saturated rings. The van der Waals surface area contributed by atoms with Crippen LogP contribution in [0.2, 0.25) is 0 Å². The fourth-order valence-electron chi connectivity index (χ4n) is 3.12. The average molecular weight is 212 g/mol. The van der Waals surface area contributed by atoms with Crippen molar-refractivity contribution in [3.05, 3.63) is 0 Å². The van der Waals surface area contributed by atoms with Crippen molar-refractivity contribution in [3.63, 3.8) is 0 Å². The van der Waals surface area contributed by atoms with E-state index in [4.69, 9.17) is 4.74 Å². The Morgan fingerprint density at radius 2 is 1.80 bits per heavy atom. The van der Waals surface area contributed by atoms with Crippen molar-refractivity contribution in [1.82, 2.24) is 10.2 Å². The Bertz CT molecular complexity index is 180. The standard InChI is InChI=1S/C12H24N2O/c1-10-8-13-9-11(2)12(10)14-4-3-6-15-7-5-14/h10-13H,3-9H2,1-2H3. The molecule has 0 saturated carbocycles. The molecule has 0 spiro atoms. The molecule has 2 unspecified atom stereocenters. The van der Waals surface area contributed by atoms with Crippen LogP contribution in [0.15, 0.2) is 0 Å². The summed E-state index contributed by atoms with van der Waals surface area (Å²) in [7, 11) is 0. The van der Waals surface area contributed by atoms with Crippen LogP contribution < -0.4 is 5.32 Å². The van der Waals surface area contributed by atoms with Crippen molar-refractivity contribution in [2.24, 2.45) is 11.8 Å². The van der Waals surface area contributed by atoms with Crippen molar-refractivity contribution < 1.29 is 4.74 Å². The number of hydrogen-bond donors (Lipinski definition) is 1. The summed E-state index contributed by atoms with van der Waals surface area (Å²) in [6, 6.07) is 0.757. The molecule has 2 aliphatic rings. The van der Waals surface area contributed by atoms with E-state index in [1.165, 1.54) is 26.1 Å². The van der Waals surface area contributed by atoms with E-state index in [-0.39, 0.29) is 0 Å². The van der Waals surface area contributed by atoms with Crippen molar-refractivity contribution in [2.75, 3.05) is 39.4 Å². The lowest BCUT2D eigenvalue weighted by Gasteiger charge is -2.42. The highest BCUT2D eigenvalue weighted by atomic mass is 16.5. The Labute approximate surface area is 93.2 Å². The minimum Gasteiger partial charge on any atom is -0.380 e. The Morgan fingerprint density at radius 3 is 2.53 bits per heavy atom. The van der Waals surface area contributed by atoms with Gasteiger partial charge in [0, 0.05) is 25.7 Å². The fourth-order valence-corrected chi connectivity index (χ4v) is 3.12. The molecule has 0 aromatic rings. The Morgan fingerprint density at radius 1 is 1.07 bits per heavy atom. The van der Waals surface area contributed by atoms with Crippen LogP contribution in [0.5, 0.6) is 0 Å². The first kappa shape index (κ1) is 11.4. The first-order valence-corrected chi connectivity index (χ1v) is 6.31. The van der Waals surface area contributed by atoms with Gasteiger partial charge in [0.1, 0.15) is 0 Å². The van der Waals surface area contributed by atoms with Gasteiger partial charge in [-0.05, 0) is 31.3 Å². The summed E-state index contributed by atoms with van der Waals surface area (Å²) in [5.41, 5.74) is 0. The molecule has 2 rings (SSSR count). The lowest BCUT2D eigenvalue weighted by molar-refractivity contribution is 0.0719. The minimum absolute atomic E-state index is 0.757. The summed E-state index contributed by atoms with van der Waals surface area (Å²) in [4.78, 5) is 2.66. The van der Waals surface area contributed by atoms with Gasteiger partial charge in [0.2, 0.25) is 0 Å². The van der Waals surface area contributed by atoms with E-state index < -0.39 is 0 Å². The normalized spacial score (nSPS) is 40.0. The molecule has 2 atom stereocenters. The molecule has 3 nitrogen and oxygen atoms in total. The molecule has 0 aliphatic carbocycles. The third kappa shape index (κ3) is 2.71. The second-order valence-corrected chi connectivity index (χ2v) is 5.11. The highest BCUT2D eigenvalue weighted by Crippen LogP contribution is 2.23. The zero-order valence-electron chi connectivity index (χ0n) is 10.0. The topological polar surface area (TPSA) is 24.5 Å². The average Bonchev–Trinajstić information content (AvgIpc) is 2.46. The van der Waals surface area contributed by atoms with Crippen molar-refractivity contribution in [3.8, 4) is 0 Å². The zero-order chi connectivity index (χ0) is 10.7. The fraction of sp³-hybridized carbons (Fsp3) is 1.00. The molecule has 0 aromatic heterocycles. The number of rotatable bonds is 1. The zero-order valence-corrected chi connectivity index (χ0v) is 10.0. The monoisotopic (exact) mass is 212 g/mol. The van der Waals surface area contributed by atoms with E-state index in [0.717, 1.165) is 37.6 Å². The van der Waals surface area contributed by atoms with E-state index in [2.05, 4.69) is 24.1 Å². The van der Waals surface area contributed by atoms with E-state index in [1.54, 1.807) is 0 Å². The lowest BCUT2D eigenvalue weighted by Crippen LogP contribution is -2.54.